The predicted octanol–water partition coefficient (Wildman–Crippen LogP) is 4.09. The Morgan fingerprint density at radius 3 is 2.47 bits per heavy atom. The molecule has 100 valence electrons. The molecule has 0 spiro atoms. The summed E-state index contributed by atoms with van der Waals surface area (Å²) in [5.74, 6) is -0.399. The molecule has 0 aliphatic carbocycles. The molecule has 2 nitrogen and oxygen atoms in total. The van der Waals surface area contributed by atoms with Crippen LogP contribution < -0.4 is 10.5 Å². The predicted molar refractivity (Wildman–Crippen MR) is 70.2 cm³/mol. The summed E-state index contributed by atoms with van der Waals surface area (Å²) < 4.78 is 32.4. The van der Waals surface area contributed by atoms with Gasteiger partial charge in [-0.05, 0) is 49.7 Å². The van der Waals surface area contributed by atoms with Crippen LogP contribution in [-0.4, -0.2) is 0 Å². The largest absolute Gasteiger partial charge is 0.454 e. The summed E-state index contributed by atoms with van der Waals surface area (Å²) in [6, 6.07) is 8.18. The summed E-state index contributed by atoms with van der Waals surface area (Å²) in [5, 5.41) is 0. The molecule has 0 amide bonds. The first-order valence-corrected chi connectivity index (χ1v) is 5.96. The van der Waals surface area contributed by atoms with Gasteiger partial charge in [-0.1, -0.05) is 6.07 Å². The van der Waals surface area contributed by atoms with E-state index in [1.807, 2.05) is 6.92 Å². The van der Waals surface area contributed by atoms with Gasteiger partial charge in [0, 0.05) is 11.6 Å². The zero-order valence-electron chi connectivity index (χ0n) is 10.8. The van der Waals surface area contributed by atoms with E-state index in [1.54, 1.807) is 19.1 Å². The molecule has 4 heteroatoms. The zero-order valence-corrected chi connectivity index (χ0v) is 10.8. The molecule has 2 aromatic carbocycles. The Bertz CT molecular complexity index is 597. The van der Waals surface area contributed by atoms with E-state index >= 15 is 0 Å². The number of hydrogen-bond acceptors (Lipinski definition) is 2. The van der Waals surface area contributed by atoms with E-state index in [0.717, 1.165) is 5.56 Å². The molecule has 0 saturated heterocycles. The fourth-order valence-corrected chi connectivity index (χ4v) is 1.78. The molecule has 0 aliphatic heterocycles. The Morgan fingerprint density at radius 2 is 1.79 bits per heavy atom. The highest BCUT2D eigenvalue weighted by Gasteiger charge is 2.12. The Morgan fingerprint density at radius 1 is 1.05 bits per heavy atom. The van der Waals surface area contributed by atoms with Crippen LogP contribution in [0.5, 0.6) is 11.5 Å². The summed E-state index contributed by atoms with van der Waals surface area (Å²) in [4.78, 5) is 0. The van der Waals surface area contributed by atoms with Gasteiger partial charge in [0.05, 0.1) is 0 Å². The van der Waals surface area contributed by atoms with Gasteiger partial charge in [-0.25, -0.2) is 8.78 Å². The molecule has 19 heavy (non-hydrogen) atoms. The average molecular weight is 263 g/mol. The molecule has 0 aliphatic rings. The van der Waals surface area contributed by atoms with Gasteiger partial charge in [-0.2, -0.15) is 0 Å². The van der Waals surface area contributed by atoms with Gasteiger partial charge < -0.3 is 10.5 Å². The summed E-state index contributed by atoms with van der Waals surface area (Å²) in [6.07, 6.45) is 0. The average Bonchev–Trinajstić information content (AvgIpc) is 2.35. The van der Waals surface area contributed by atoms with E-state index in [0.29, 0.717) is 11.3 Å². The maximum atomic E-state index is 13.6. The molecule has 2 rings (SSSR count). The van der Waals surface area contributed by atoms with Crippen molar-refractivity contribution in [2.45, 2.75) is 19.9 Å². The van der Waals surface area contributed by atoms with E-state index in [4.69, 9.17) is 10.5 Å². The maximum absolute atomic E-state index is 13.6. The molecule has 0 fully saturated rings. The van der Waals surface area contributed by atoms with Gasteiger partial charge in [0.25, 0.3) is 0 Å². The van der Waals surface area contributed by atoms with Gasteiger partial charge in [0.15, 0.2) is 11.6 Å². The number of ether oxygens (including phenoxy) is 1. The van der Waals surface area contributed by atoms with Crippen molar-refractivity contribution in [3.63, 3.8) is 0 Å². The van der Waals surface area contributed by atoms with Crippen LogP contribution in [0.15, 0.2) is 36.4 Å². The summed E-state index contributed by atoms with van der Waals surface area (Å²) >= 11 is 0. The first-order valence-electron chi connectivity index (χ1n) is 5.96. The third-order valence-corrected chi connectivity index (χ3v) is 2.77. The Balaban J connectivity index is 2.40. The van der Waals surface area contributed by atoms with Gasteiger partial charge in [-0.15, -0.1) is 0 Å². The summed E-state index contributed by atoms with van der Waals surface area (Å²) in [6.45, 7) is 3.55. The molecule has 0 aromatic heterocycles. The normalized spacial score (nSPS) is 12.3. The van der Waals surface area contributed by atoms with Gasteiger partial charge in [-0.3, -0.25) is 0 Å². The monoisotopic (exact) mass is 263 g/mol. The molecule has 1 atom stereocenters. The second-order valence-electron chi connectivity index (χ2n) is 4.51. The van der Waals surface area contributed by atoms with Crippen molar-refractivity contribution in [2.24, 2.45) is 5.73 Å². The first kappa shape index (κ1) is 13.5. The molecule has 0 unspecified atom stereocenters. The number of nitrogens with two attached hydrogens (primary N) is 1. The lowest BCUT2D eigenvalue weighted by molar-refractivity contribution is 0.433. The highest BCUT2D eigenvalue weighted by molar-refractivity contribution is 5.41. The van der Waals surface area contributed by atoms with Crippen molar-refractivity contribution in [1.29, 1.82) is 0 Å². The molecular weight excluding hydrogens is 248 g/mol. The smallest absolute Gasteiger partial charge is 0.165 e. The SMILES string of the molecule is Cc1ccc(F)c(Oc2ccc(F)cc2[C@@H](C)N)c1. The van der Waals surface area contributed by atoms with E-state index in [9.17, 15) is 8.78 Å². The number of rotatable bonds is 3. The lowest BCUT2D eigenvalue weighted by atomic mass is 10.1. The van der Waals surface area contributed by atoms with Crippen LogP contribution in [0, 0.1) is 18.6 Å². The van der Waals surface area contributed by atoms with Crippen molar-refractivity contribution in [2.75, 3.05) is 0 Å². The van der Waals surface area contributed by atoms with Crippen LogP contribution in [-0.2, 0) is 0 Å². The van der Waals surface area contributed by atoms with E-state index in [-0.39, 0.29) is 5.75 Å². The van der Waals surface area contributed by atoms with Crippen molar-refractivity contribution in [3.05, 3.63) is 59.2 Å². The van der Waals surface area contributed by atoms with Crippen LogP contribution in [0.4, 0.5) is 8.78 Å². The van der Waals surface area contributed by atoms with Crippen LogP contribution in [0.3, 0.4) is 0 Å². The fraction of sp³-hybridized carbons (Fsp3) is 0.200. The zero-order chi connectivity index (χ0) is 14.0. The fourth-order valence-electron chi connectivity index (χ4n) is 1.78. The van der Waals surface area contributed by atoms with Gasteiger partial charge in [0.2, 0.25) is 0 Å². The molecule has 0 heterocycles. The lowest BCUT2D eigenvalue weighted by Crippen LogP contribution is -2.07. The van der Waals surface area contributed by atoms with Gasteiger partial charge >= 0.3 is 0 Å². The Labute approximate surface area is 110 Å². The Kier molecular flexibility index (Phi) is 3.81. The van der Waals surface area contributed by atoms with Crippen molar-refractivity contribution in [3.8, 4) is 11.5 Å². The Hall–Kier alpha value is -1.94. The second kappa shape index (κ2) is 5.36. The number of hydrogen-bond donors (Lipinski definition) is 1. The lowest BCUT2D eigenvalue weighted by Gasteiger charge is -2.14. The third-order valence-electron chi connectivity index (χ3n) is 2.77. The number of halogens is 2. The van der Waals surface area contributed by atoms with Gasteiger partial charge in [0.1, 0.15) is 11.6 Å². The molecule has 2 N–H and O–H groups in total. The molecule has 2 aromatic rings. The first-order chi connectivity index (χ1) is 8.97. The minimum absolute atomic E-state index is 0.105. The minimum Gasteiger partial charge on any atom is -0.454 e. The number of aryl methyl sites for hydroxylation is 1. The van der Waals surface area contributed by atoms with E-state index in [1.165, 1.54) is 24.3 Å². The molecule has 0 radical (unpaired) electrons. The highest BCUT2D eigenvalue weighted by atomic mass is 19.1. The summed E-state index contributed by atoms with van der Waals surface area (Å²) in [7, 11) is 0. The van der Waals surface area contributed by atoms with Crippen LogP contribution >= 0.6 is 0 Å². The maximum Gasteiger partial charge on any atom is 0.165 e. The van der Waals surface area contributed by atoms with E-state index < -0.39 is 17.7 Å². The number of benzene rings is 2. The highest BCUT2D eigenvalue weighted by Crippen LogP contribution is 2.31. The molecular formula is C15H15F2NO. The minimum atomic E-state index is -0.467. The molecule has 0 saturated carbocycles. The second-order valence-corrected chi connectivity index (χ2v) is 4.51. The standard InChI is InChI=1S/C15H15F2NO/c1-9-3-5-13(17)15(7-9)19-14-6-4-11(16)8-12(14)10(2)18/h3-8,10H,18H2,1-2H3/t10-/m1/s1. The van der Waals surface area contributed by atoms with Crippen molar-refractivity contribution in [1.82, 2.24) is 0 Å². The van der Waals surface area contributed by atoms with Crippen LogP contribution in [0.25, 0.3) is 0 Å². The quantitative estimate of drug-likeness (QED) is 0.905. The summed E-state index contributed by atoms with van der Waals surface area (Å²) in [5.41, 5.74) is 7.14. The van der Waals surface area contributed by atoms with Crippen molar-refractivity contribution >= 4 is 0 Å². The van der Waals surface area contributed by atoms with Crippen molar-refractivity contribution < 1.29 is 13.5 Å². The van der Waals surface area contributed by atoms with E-state index in [2.05, 4.69) is 0 Å². The molecule has 0 bridgehead atoms. The van der Waals surface area contributed by atoms with Crippen LogP contribution in [0.2, 0.25) is 0 Å². The third kappa shape index (κ3) is 3.09. The van der Waals surface area contributed by atoms with Crippen LogP contribution in [0.1, 0.15) is 24.1 Å². The topological polar surface area (TPSA) is 35.2 Å².